The Bertz CT molecular complexity index is 509. The first-order chi connectivity index (χ1) is 9.71. The zero-order chi connectivity index (χ0) is 16.0. The van der Waals surface area contributed by atoms with Crippen molar-refractivity contribution in [2.75, 3.05) is 12.4 Å². The van der Waals surface area contributed by atoms with Crippen LogP contribution in [0.2, 0.25) is 0 Å². The van der Waals surface area contributed by atoms with Crippen LogP contribution in [0.4, 0.5) is 10.5 Å². The third-order valence-electron chi connectivity index (χ3n) is 2.53. The maximum atomic E-state index is 11.7. The normalized spacial score (nSPS) is 12.4. The van der Waals surface area contributed by atoms with Gasteiger partial charge in [0.15, 0.2) is 0 Å². The van der Waals surface area contributed by atoms with E-state index in [0.717, 1.165) is 5.56 Å². The van der Waals surface area contributed by atoms with Gasteiger partial charge >= 0.3 is 12.1 Å². The van der Waals surface area contributed by atoms with Gasteiger partial charge in [-0.05, 0) is 44.9 Å². The molecular weight excluding hydrogens is 272 g/mol. The van der Waals surface area contributed by atoms with Crippen molar-refractivity contribution in [3.63, 3.8) is 0 Å². The molecule has 0 unspecified atom stereocenters. The lowest BCUT2D eigenvalue weighted by Crippen LogP contribution is -2.33. The Kier molecular flexibility index (Phi) is 5.72. The molecule has 0 saturated heterocycles. The molecule has 0 spiro atoms. The highest BCUT2D eigenvalue weighted by Crippen LogP contribution is 2.14. The van der Waals surface area contributed by atoms with Gasteiger partial charge in [0, 0.05) is 5.69 Å². The molecule has 3 N–H and O–H groups in total. The van der Waals surface area contributed by atoms with Gasteiger partial charge in [0.1, 0.15) is 11.6 Å². The van der Waals surface area contributed by atoms with Crippen LogP contribution in [0.3, 0.4) is 0 Å². The summed E-state index contributed by atoms with van der Waals surface area (Å²) in [5.41, 5.74) is 6.55. The smallest absolute Gasteiger partial charge is 0.412 e. The Morgan fingerprint density at radius 1 is 1.33 bits per heavy atom. The molecule has 0 heterocycles. The van der Waals surface area contributed by atoms with Crippen LogP contribution in [0.5, 0.6) is 0 Å². The Hall–Kier alpha value is -2.08. The zero-order valence-corrected chi connectivity index (χ0v) is 12.8. The lowest BCUT2D eigenvalue weighted by atomic mass is 10.1. The number of nitrogens with one attached hydrogen (secondary N) is 1. The van der Waals surface area contributed by atoms with E-state index in [9.17, 15) is 9.59 Å². The molecule has 0 aromatic heterocycles. The monoisotopic (exact) mass is 294 g/mol. The molecule has 1 aromatic rings. The molecule has 1 atom stereocenters. The van der Waals surface area contributed by atoms with Crippen molar-refractivity contribution in [2.24, 2.45) is 5.73 Å². The summed E-state index contributed by atoms with van der Waals surface area (Å²) in [6, 6.07) is 6.34. The number of hydrogen-bond donors (Lipinski definition) is 2. The number of methoxy groups -OCH3 is 1. The van der Waals surface area contributed by atoms with Gasteiger partial charge in [0.25, 0.3) is 0 Å². The third-order valence-corrected chi connectivity index (χ3v) is 2.53. The molecule has 0 aliphatic carbocycles. The van der Waals surface area contributed by atoms with E-state index in [2.05, 4.69) is 10.1 Å². The maximum absolute atomic E-state index is 11.7. The zero-order valence-electron chi connectivity index (χ0n) is 12.8. The molecule has 0 aliphatic heterocycles. The Balaban J connectivity index is 2.68. The summed E-state index contributed by atoms with van der Waals surface area (Å²) >= 11 is 0. The number of hydrogen-bond acceptors (Lipinski definition) is 5. The van der Waals surface area contributed by atoms with Crippen LogP contribution in [-0.2, 0) is 20.7 Å². The van der Waals surface area contributed by atoms with Crippen molar-refractivity contribution < 1.29 is 19.1 Å². The van der Waals surface area contributed by atoms with Gasteiger partial charge < -0.3 is 15.2 Å². The minimum atomic E-state index is -0.730. The molecule has 6 heteroatoms. The summed E-state index contributed by atoms with van der Waals surface area (Å²) in [6.45, 7) is 5.37. The van der Waals surface area contributed by atoms with Crippen molar-refractivity contribution in [1.82, 2.24) is 0 Å². The molecule has 0 bridgehead atoms. The van der Waals surface area contributed by atoms with Gasteiger partial charge in [-0.2, -0.15) is 0 Å². The number of benzene rings is 1. The molecule has 116 valence electrons. The molecule has 0 radical (unpaired) electrons. The summed E-state index contributed by atoms with van der Waals surface area (Å²) in [5.74, 6) is -0.472. The van der Waals surface area contributed by atoms with Crippen LogP contribution in [0.1, 0.15) is 26.3 Å². The van der Waals surface area contributed by atoms with Crippen molar-refractivity contribution in [3.8, 4) is 0 Å². The van der Waals surface area contributed by atoms with E-state index < -0.39 is 23.7 Å². The third kappa shape index (κ3) is 6.27. The molecular formula is C15H22N2O4. The highest BCUT2D eigenvalue weighted by molar-refractivity contribution is 5.85. The summed E-state index contributed by atoms with van der Waals surface area (Å²) < 4.78 is 9.75. The van der Waals surface area contributed by atoms with E-state index in [1.807, 2.05) is 6.07 Å². The van der Waals surface area contributed by atoms with Gasteiger partial charge in [-0.25, -0.2) is 4.79 Å². The van der Waals surface area contributed by atoms with E-state index in [1.165, 1.54) is 7.11 Å². The summed E-state index contributed by atoms with van der Waals surface area (Å²) in [6.07, 6.45) is -0.201. The fourth-order valence-corrected chi connectivity index (χ4v) is 1.69. The Labute approximate surface area is 124 Å². The number of ether oxygens (including phenoxy) is 2. The van der Waals surface area contributed by atoms with Gasteiger partial charge in [0.2, 0.25) is 0 Å². The topological polar surface area (TPSA) is 90.6 Å². The predicted octanol–water partition coefficient (Wildman–Crippen LogP) is 2.08. The van der Waals surface area contributed by atoms with Crippen LogP contribution in [0, 0.1) is 0 Å². The second-order valence-electron chi connectivity index (χ2n) is 5.66. The second-order valence-corrected chi connectivity index (χ2v) is 5.66. The minimum absolute atomic E-state index is 0.330. The number of anilines is 1. The molecule has 0 aliphatic rings. The fourth-order valence-electron chi connectivity index (χ4n) is 1.69. The lowest BCUT2D eigenvalue weighted by Gasteiger charge is -2.19. The number of carbonyl (C=O) groups excluding carboxylic acids is 2. The van der Waals surface area contributed by atoms with E-state index >= 15 is 0 Å². The molecule has 6 nitrogen and oxygen atoms in total. The standard InChI is InChI=1S/C15H22N2O4/c1-15(2,3)21-14(19)17-11-7-5-6-10(8-11)9-12(16)13(18)20-4/h5-8,12H,9,16H2,1-4H3,(H,17,19)/t12-/m0/s1. The number of rotatable bonds is 4. The van der Waals surface area contributed by atoms with E-state index in [4.69, 9.17) is 10.5 Å². The number of esters is 1. The molecule has 1 rings (SSSR count). The Morgan fingerprint density at radius 3 is 2.57 bits per heavy atom. The van der Waals surface area contributed by atoms with E-state index in [0.29, 0.717) is 12.1 Å². The fraction of sp³-hybridized carbons (Fsp3) is 0.467. The number of amides is 1. The van der Waals surface area contributed by atoms with Gasteiger partial charge in [-0.1, -0.05) is 12.1 Å². The van der Waals surface area contributed by atoms with Crippen LogP contribution in [0.25, 0.3) is 0 Å². The van der Waals surface area contributed by atoms with Gasteiger partial charge in [-0.15, -0.1) is 0 Å². The molecule has 0 saturated carbocycles. The molecule has 1 amide bonds. The minimum Gasteiger partial charge on any atom is -0.468 e. The van der Waals surface area contributed by atoms with Crippen LogP contribution < -0.4 is 11.1 Å². The van der Waals surface area contributed by atoms with Gasteiger partial charge in [0.05, 0.1) is 7.11 Å². The van der Waals surface area contributed by atoms with Gasteiger partial charge in [-0.3, -0.25) is 10.1 Å². The maximum Gasteiger partial charge on any atom is 0.412 e. The Morgan fingerprint density at radius 2 is 2.00 bits per heavy atom. The van der Waals surface area contributed by atoms with Crippen molar-refractivity contribution >= 4 is 17.7 Å². The largest absolute Gasteiger partial charge is 0.468 e. The quantitative estimate of drug-likeness (QED) is 0.830. The number of carbonyl (C=O) groups is 2. The molecule has 0 fully saturated rings. The summed E-state index contributed by atoms with van der Waals surface area (Å²) in [5, 5.41) is 2.64. The van der Waals surface area contributed by atoms with Crippen molar-refractivity contribution in [1.29, 1.82) is 0 Å². The first kappa shape index (κ1) is 17.0. The first-order valence-corrected chi connectivity index (χ1v) is 6.63. The molecule has 1 aromatic carbocycles. The highest BCUT2D eigenvalue weighted by Gasteiger charge is 2.17. The predicted molar refractivity (Wildman–Crippen MR) is 80.0 cm³/mol. The summed E-state index contributed by atoms with van der Waals surface area (Å²) in [4.78, 5) is 23.0. The number of nitrogens with two attached hydrogens (primary N) is 1. The van der Waals surface area contributed by atoms with E-state index in [-0.39, 0.29) is 0 Å². The van der Waals surface area contributed by atoms with Crippen LogP contribution in [0.15, 0.2) is 24.3 Å². The molecule has 21 heavy (non-hydrogen) atoms. The highest BCUT2D eigenvalue weighted by atomic mass is 16.6. The van der Waals surface area contributed by atoms with E-state index in [1.54, 1.807) is 39.0 Å². The lowest BCUT2D eigenvalue weighted by molar-refractivity contribution is -0.142. The average molecular weight is 294 g/mol. The first-order valence-electron chi connectivity index (χ1n) is 6.63. The average Bonchev–Trinajstić information content (AvgIpc) is 2.35. The van der Waals surface area contributed by atoms with Crippen molar-refractivity contribution in [2.45, 2.75) is 38.8 Å². The van der Waals surface area contributed by atoms with Crippen LogP contribution >= 0.6 is 0 Å². The van der Waals surface area contributed by atoms with Crippen molar-refractivity contribution in [3.05, 3.63) is 29.8 Å². The second kappa shape index (κ2) is 7.08. The van der Waals surface area contributed by atoms with Crippen LogP contribution in [-0.4, -0.2) is 30.8 Å². The SMILES string of the molecule is COC(=O)[C@@H](N)Cc1cccc(NC(=O)OC(C)(C)C)c1. The summed E-state index contributed by atoms with van der Waals surface area (Å²) in [7, 11) is 1.29.